The normalized spacial score (nSPS) is 12.4. The number of methoxy groups -OCH3 is 1. The maximum absolute atomic E-state index is 11.8. The summed E-state index contributed by atoms with van der Waals surface area (Å²) in [5, 5.41) is 0. The minimum atomic E-state index is -3.23. The van der Waals surface area contributed by atoms with Crippen LogP contribution in [0.15, 0.2) is 24.3 Å². The molecule has 1 aromatic rings. The van der Waals surface area contributed by atoms with Gasteiger partial charge in [-0.25, -0.2) is 13.1 Å². The van der Waals surface area contributed by atoms with E-state index in [0.717, 1.165) is 11.3 Å². The highest BCUT2D eigenvalue weighted by atomic mass is 32.2. The summed E-state index contributed by atoms with van der Waals surface area (Å²) < 4.78 is 31.4. The summed E-state index contributed by atoms with van der Waals surface area (Å²) >= 11 is 0. The molecule has 0 aliphatic rings. The smallest absolute Gasteiger partial charge is 0.212 e. The Morgan fingerprint density at radius 1 is 1.22 bits per heavy atom. The summed E-state index contributed by atoms with van der Waals surface area (Å²) in [7, 11) is -1.63. The SMILES string of the molecule is CCCS(=O)(=O)NC(C)(C)c1ccc(OC)cc1. The largest absolute Gasteiger partial charge is 0.497 e. The van der Waals surface area contributed by atoms with Crippen LogP contribution in [0.3, 0.4) is 0 Å². The Morgan fingerprint density at radius 2 is 1.78 bits per heavy atom. The fourth-order valence-electron chi connectivity index (χ4n) is 1.78. The second-order valence-corrected chi connectivity index (χ2v) is 6.62. The van der Waals surface area contributed by atoms with Gasteiger partial charge in [-0.1, -0.05) is 19.1 Å². The van der Waals surface area contributed by atoms with Crippen molar-refractivity contribution in [1.29, 1.82) is 0 Å². The van der Waals surface area contributed by atoms with Gasteiger partial charge in [0.1, 0.15) is 5.75 Å². The fourth-order valence-corrected chi connectivity index (χ4v) is 3.31. The zero-order chi connectivity index (χ0) is 13.8. The van der Waals surface area contributed by atoms with E-state index in [-0.39, 0.29) is 5.75 Å². The van der Waals surface area contributed by atoms with Crippen molar-refractivity contribution in [3.8, 4) is 5.75 Å². The van der Waals surface area contributed by atoms with Crippen molar-refractivity contribution in [3.63, 3.8) is 0 Å². The molecule has 5 heteroatoms. The highest BCUT2D eigenvalue weighted by molar-refractivity contribution is 7.89. The molecule has 0 saturated carbocycles. The van der Waals surface area contributed by atoms with Crippen LogP contribution in [0.1, 0.15) is 32.8 Å². The molecule has 0 radical (unpaired) electrons. The third-order valence-electron chi connectivity index (χ3n) is 2.70. The Kier molecular flexibility index (Phi) is 4.76. The fraction of sp³-hybridized carbons (Fsp3) is 0.538. The molecule has 0 aliphatic carbocycles. The van der Waals surface area contributed by atoms with Crippen molar-refractivity contribution < 1.29 is 13.2 Å². The summed E-state index contributed by atoms with van der Waals surface area (Å²) in [6.45, 7) is 5.55. The number of rotatable bonds is 6. The van der Waals surface area contributed by atoms with Crippen LogP contribution >= 0.6 is 0 Å². The summed E-state index contributed by atoms with van der Waals surface area (Å²) in [6, 6.07) is 7.39. The molecule has 0 bridgehead atoms. The Balaban J connectivity index is 2.91. The Bertz CT molecular complexity index is 477. The molecule has 4 nitrogen and oxygen atoms in total. The number of ether oxygens (including phenoxy) is 1. The third kappa shape index (κ3) is 3.99. The van der Waals surface area contributed by atoms with E-state index in [1.54, 1.807) is 7.11 Å². The van der Waals surface area contributed by atoms with Gasteiger partial charge >= 0.3 is 0 Å². The molecule has 1 rings (SSSR count). The Hall–Kier alpha value is -1.07. The van der Waals surface area contributed by atoms with E-state index in [1.165, 1.54) is 0 Å². The van der Waals surface area contributed by atoms with E-state index in [1.807, 2.05) is 45.0 Å². The molecule has 0 aromatic heterocycles. The number of benzene rings is 1. The van der Waals surface area contributed by atoms with E-state index in [2.05, 4.69) is 4.72 Å². The highest BCUT2D eigenvalue weighted by Gasteiger charge is 2.26. The lowest BCUT2D eigenvalue weighted by molar-refractivity contribution is 0.413. The molecule has 0 atom stereocenters. The Morgan fingerprint density at radius 3 is 2.22 bits per heavy atom. The summed E-state index contributed by atoms with van der Waals surface area (Å²) in [4.78, 5) is 0. The molecular weight excluding hydrogens is 250 g/mol. The van der Waals surface area contributed by atoms with Gasteiger partial charge in [-0.05, 0) is 38.0 Å². The minimum Gasteiger partial charge on any atom is -0.497 e. The predicted octanol–water partition coefficient (Wildman–Crippen LogP) is 2.26. The van der Waals surface area contributed by atoms with Crippen LogP contribution in [-0.2, 0) is 15.6 Å². The topological polar surface area (TPSA) is 55.4 Å². The molecule has 0 fully saturated rings. The van der Waals surface area contributed by atoms with Gasteiger partial charge in [-0.15, -0.1) is 0 Å². The molecule has 18 heavy (non-hydrogen) atoms. The molecule has 1 aromatic carbocycles. The first-order valence-electron chi connectivity index (χ1n) is 5.97. The van der Waals surface area contributed by atoms with Gasteiger partial charge < -0.3 is 4.74 Å². The van der Waals surface area contributed by atoms with Gasteiger partial charge in [0, 0.05) is 0 Å². The first-order chi connectivity index (χ1) is 8.30. The number of hydrogen-bond acceptors (Lipinski definition) is 3. The van der Waals surface area contributed by atoms with E-state index in [0.29, 0.717) is 6.42 Å². The van der Waals surface area contributed by atoms with Crippen LogP contribution in [0.5, 0.6) is 5.75 Å². The zero-order valence-electron chi connectivity index (χ0n) is 11.4. The Labute approximate surface area is 109 Å². The van der Waals surface area contributed by atoms with Crippen molar-refractivity contribution >= 4 is 10.0 Å². The van der Waals surface area contributed by atoms with E-state index >= 15 is 0 Å². The van der Waals surface area contributed by atoms with Crippen molar-refractivity contribution in [2.24, 2.45) is 0 Å². The number of sulfonamides is 1. The lowest BCUT2D eigenvalue weighted by atomic mass is 9.96. The maximum Gasteiger partial charge on any atom is 0.212 e. The van der Waals surface area contributed by atoms with Crippen molar-refractivity contribution in [1.82, 2.24) is 4.72 Å². The van der Waals surface area contributed by atoms with Crippen molar-refractivity contribution in [3.05, 3.63) is 29.8 Å². The van der Waals surface area contributed by atoms with Crippen molar-refractivity contribution in [2.45, 2.75) is 32.7 Å². The van der Waals surface area contributed by atoms with Gasteiger partial charge in [0.05, 0.1) is 18.4 Å². The molecule has 0 saturated heterocycles. The average molecular weight is 271 g/mol. The summed E-state index contributed by atoms with van der Waals surface area (Å²) in [5.74, 6) is 0.901. The molecule has 1 N–H and O–H groups in total. The second-order valence-electron chi connectivity index (χ2n) is 4.77. The molecule has 0 spiro atoms. The van der Waals surface area contributed by atoms with Gasteiger partial charge in [0.25, 0.3) is 0 Å². The monoisotopic (exact) mass is 271 g/mol. The molecule has 0 heterocycles. The van der Waals surface area contributed by atoms with Crippen LogP contribution in [0.2, 0.25) is 0 Å². The quantitative estimate of drug-likeness (QED) is 0.863. The number of hydrogen-bond donors (Lipinski definition) is 1. The van der Waals surface area contributed by atoms with Crippen molar-refractivity contribution in [2.75, 3.05) is 12.9 Å². The first-order valence-corrected chi connectivity index (χ1v) is 7.62. The second kappa shape index (κ2) is 5.71. The van der Waals surface area contributed by atoms with Gasteiger partial charge in [0.2, 0.25) is 10.0 Å². The number of nitrogens with one attached hydrogen (secondary N) is 1. The van der Waals surface area contributed by atoms with Crippen LogP contribution in [0.4, 0.5) is 0 Å². The van der Waals surface area contributed by atoms with E-state index < -0.39 is 15.6 Å². The summed E-state index contributed by atoms with van der Waals surface area (Å²) in [5.41, 5.74) is 0.281. The first kappa shape index (κ1) is 15.0. The van der Waals surface area contributed by atoms with Gasteiger partial charge in [0.15, 0.2) is 0 Å². The minimum absolute atomic E-state index is 0.145. The standard InChI is InChI=1S/C13H21NO3S/c1-5-10-18(15,16)14-13(2,3)11-6-8-12(17-4)9-7-11/h6-9,14H,5,10H2,1-4H3. The molecule has 102 valence electrons. The average Bonchev–Trinajstić information content (AvgIpc) is 2.27. The van der Waals surface area contributed by atoms with E-state index in [9.17, 15) is 8.42 Å². The van der Waals surface area contributed by atoms with Crippen LogP contribution in [0, 0.1) is 0 Å². The van der Waals surface area contributed by atoms with Crippen LogP contribution in [0.25, 0.3) is 0 Å². The molecule has 0 unspecified atom stereocenters. The molecule has 0 aliphatic heterocycles. The maximum atomic E-state index is 11.8. The molecular formula is C13H21NO3S. The van der Waals surface area contributed by atoms with Crippen LogP contribution in [-0.4, -0.2) is 21.3 Å². The zero-order valence-corrected chi connectivity index (χ0v) is 12.2. The summed E-state index contributed by atoms with van der Waals surface area (Å²) in [6.07, 6.45) is 0.605. The lowest BCUT2D eigenvalue weighted by Gasteiger charge is -2.26. The van der Waals surface area contributed by atoms with Crippen LogP contribution < -0.4 is 9.46 Å². The van der Waals surface area contributed by atoms with Gasteiger partial charge in [-0.3, -0.25) is 0 Å². The van der Waals surface area contributed by atoms with Gasteiger partial charge in [-0.2, -0.15) is 0 Å². The molecule has 0 amide bonds. The van der Waals surface area contributed by atoms with E-state index in [4.69, 9.17) is 4.74 Å². The lowest BCUT2D eigenvalue weighted by Crippen LogP contribution is -2.41. The predicted molar refractivity (Wildman–Crippen MR) is 73.2 cm³/mol. The highest BCUT2D eigenvalue weighted by Crippen LogP contribution is 2.23. The third-order valence-corrected chi connectivity index (χ3v) is 4.46.